The van der Waals surface area contributed by atoms with Gasteiger partial charge >= 0.3 is 0 Å². The lowest BCUT2D eigenvalue weighted by Gasteiger charge is -2.23. The summed E-state index contributed by atoms with van der Waals surface area (Å²) in [7, 11) is 0. The number of hydrogen-bond donors (Lipinski definition) is 3. The Morgan fingerprint density at radius 1 is 1.50 bits per heavy atom. The van der Waals surface area contributed by atoms with Crippen molar-refractivity contribution in [1.29, 1.82) is 0 Å². The first kappa shape index (κ1) is 12.4. The molecule has 96 valence electrons. The first-order valence-electron chi connectivity index (χ1n) is 5.54. The highest BCUT2D eigenvalue weighted by Gasteiger charge is 2.27. The van der Waals surface area contributed by atoms with Crippen LogP contribution in [0.2, 0.25) is 0 Å². The van der Waals surface area contributed by atoms with Gasteiger partial charge in [0, 0.05) is 18.5 Å². The van der Waals surface area contributed by atoms with E-state index in [-0.39, 0.29) is 24.4 Å². The van der Waals surface area contributed by atoms with Crippen LogP contribution in [0.1, 0.15) is 18.4 Å². The van der Waals surface area contributed by atoms with Crippen LogP contribution in [0.3, 0.4) is 0 Å². The summed E-state index contributed by atoms with van der Waals surface area (Å²) in [6, 6.07) is -0.573. The number of carbonyl (C=O) groups is 2. The van der Waals surface area contributed by atoms with Crippen LogP contribution in [0.5, 0.6) is 0 Å². The number of aromatic nitrogens is 1. The second-order valence-electron chi connectivity index (χ2n) is 4.00. The zero-order valence-electron chi connectivity index (χ0n) is 9.57. The topological polar surface area (TPSA) is 97.1 Å². The third-order valence-electron chi connectivity index (χ3n) is 2.78. The summed E-state index contributed by atoms with van der Waals surface area (Å²) in [4.78, 5) is 26.3. The molecule has 2 rings (SSSR count). The molecule has 1 atom stereocenters. The molecule has 1 aromatic rings. The maximum atomic E-state index is 13.4. The van der Waals surface area contributed by atoms with Gasteiger partial charge in [-0.15, -0.1) is 0 Å². The van der Waals surface area contributed by atoms with E-state index in [0.29, 0.717) is 12.1 Å². The van der Waals surface area contributed by atoms with Gasteiger partial charge in [-0.05, 0) is 6.42 Å². The predicted octanol–water partition coefficient (Wildman–Crippen LogP) is -0.104. The Labute approximate surface area is 103 Å². The molecular weight excluding hydrogens is 239 g/mol. The lowest BCUT2D eigenvalue weighted by atomic mass is 10.1. The van der Waals surface area contributed by atoms with E-state index in [2.05, 4.69) is 15.6 Å². The summed E-state index contributed by atoms with van der Waals surface area (Å²) in [5.74, 6) is -1.23. The molecule has 2 amide bonds. The Hall–Kier alpha value is -2.02. The van der Waals surface area contributed by atoms with Crippen LogP contribution in [-0.2, 0) is 16.1 Å². The molecule has 0 spiro atoms. The van der Waals surface area contributed by atoms with Gasteiger partial charge in [-0.2, -0.15) is 0 Å². The number of pyridine rings is 1. The zero-order valence-corrected chi connectivity index (χ0v) is 9.57. The normalized spacial score (nSPS) is 19.6. The van der Waals surface area contributed by atoms with Crippen LogP contribution in [0, 0.1) is 5.82 Å². The average molecular weight is 252 g/mol. The number of amides is 2. The van der Waals surface area contributed by atoms with E-state index in [4.69, 9.17) is 5.73 Å². The van der Waals surface area contributed by atoms with Crippen molar-refractivity contribution in [1.82, 2.24) is 10.3 Å². The number of hydrogen-bond acceptors (Lipinski definition) is 5. The monoisotopic (exact) mass is 252 g/mol. The summed E-state index contributed by atoms with van der Waals surface area (Å²) in [5.41, 5.74) is 6.11. The van der Waals surface area contributed by atoms with E-state index >= 15 is 0 Å². The molecule has 0 radical (unpaired) electrons. The van der Waals surface area contributed by atoms with Crippen LogP contribution in [0.4, 0.5) is 10.1 Å². The van der Waals surface area contributed by atoms with Crippen LogP contribution >= 0.6 is 0 Å². The number of nitrogens with zero attached hydrogens (tertiary/aromatic N) is 1. The van der Waals surface area contributed by atoms with Crippen molar-refractivity contribution in [3.63, 3.8) is 0 Å². The van der Waals surface area contributed by atoms with Crippen LogP contribution in [-0.4, -0.2) is 22.8 Å². The predicted molar refractivity (Wildman–Crippen MR) is 61.9 cm³/mol. The quantitative estimate of drug-likeness (QED) is 0.652. The van der Waals surface area contributed by atoms with Gasteiger partial charge in [0.1, 0.15) is 11.9 Å². The SMILES string of the molecule is NCc1c(F)cncc1NC1CCC(=O)NC1=O. The molecule has 1 unspecified atom stereocenters. The van der Waals surface area contributed by atoms with E-state index < -0.39 is 17.8 Å². The number of carbonyl (C=O) groups excluding carboxylic acids is 2. The van der Waals surface area contributed by atoms with Crippen molar-refractivity contribution >= 4 is 17.5 Å². The molecule has 0 aliphatic carbocycles. The zero-order chi connectivity index (χ0) is 13.1. The number of halogens is 1. The first-order chi connectivity index (χ1) is 8.61. The second-order valence-corrected chi connectivity index (χ2v) is 4.00. The lowest BCUT2D eigenvalue weighted by molar-refractivity contribution is -0.133. The van der Waals surface area contributed by atoms with E-state index in [1.807, 2.05) is 0 Å². The van der Waals surface area contributed by atoms with Crippen molar-refractivity contribution in [2.75, 3.05) is 5.32 Å². The van der Waals surface area contributed by atoms with E-state index in [9.17, 15) is 14.0 Å². The highest BCUT2D eigenvalue weighted by atomic mass is 19.1. The van der Waals surface area contributed by atoms with Crippen LogP contribution in [0.15, 0.2) is 12.4 Å². The second kappa shape index (κ2) is 5.09. The smallest absolute Gasteiger partial charge is 0.249 e. The highest BCUT2D eigenvalue weighted by Crippen LogP contribution is 2.19. The summed E-state index contributed by atoms with van der Waals surface area (Å²) in [6.45, 7) is 0.00392. The molecule has 1 fully saturated rings. The van der Waals surface area contributed by atoms with E-state index in [1.54, 1.807) is 0 Å². The Kier molecular flexibility index (Phi) is 3.52. The molecule has 2 heterocycles. The molecule has 1 saturated heterocycles. The molecule has 0 bridgehead atoms. The summed E-state index contributed by atoms with van der Waals surface area (Å²) in [5, 5.41) is 5.08. The van der Waals surface area contributed by atoms with Crippen LogP contribution < -0.4 is 16.4 Å². The fraction of sp³-hybridized carbons (Fsp3) is 0.364. The van der Waals surface area contributed by atoms with E-state index in [0.717, 1.165) is 6.20 Å². The lowest BCUT2D eigenvalue weighted by Crippen LogP contribution is -2.47. The molecule has 7 heteroatoms. The fourth-order valence-electron chi connectivity index (χ4n) is 1.81. The molecule has 6 nitrogen and oxygen atoms in total. The standard InChI is InChI=1S/C11H13FN4O2/c12-7-4-14-5-9(6(7)3-13)15-8-1-2-10(17)16-11(8)18/h4-5,8,15H,1-3,13H2,(H,16,17,18). The molecule has 0 saturated carbocycles. The summed E-state index contributed by atoms with van der Waals surface area (Å²) >= 11 is 0. The Morgan fingerprint density at radius 2 is 2.28 bits per heavy atom. The third kappa shape index (κ3) is 2.45. The Bertz CT molecular complexity index is 492. The Morgan fingerprint density at radius 3 is 2.94 bits per heavy atom. The third-order valence-corrected chi connectivity index (χ3v) is 2.78. The van der Waals surface area contributed by atoms with Gasteiger partial charge in [-0.3, -0.25) is 19.9 Å². The van der Waals surface area contributed by atoms with Crippen molar-refractivity contribution in [2.45, 2.75) is 25.4 Å². The minimum Gasteiger partial charge on any atom is -0.372 e. The number of nitrogens with one attached hydrogen (secondary N) is 2. The number of anilines is 1. The molecular formula is C11H13FN4O2. The van der Waals surface area contributed by atoms with Gasteiger partial charge in [-0.1, -0.05) is 0 Å². The van der Waals surface area contributed by atoms with Gasteiger partial charge in [0.15, 0.2) is 0 Å². The molecule has 0 aromatic carbocycles. The van der Waals surface area contributed by atoms with Crippen molar-refractivity contribution in [2.24, 2.45) is 5.73 Å². The maximum absolute atomic E-state index is 13.4. The molecule has 1 aliphatic heterocycles. The van der Waals surface area contributed by atoms with Gasteiger partial charge in [0.05, 0.1) is 18.1 Å². The van der Waals surface area contributed by atoms with Crippen molar-refractivity contribution in [3.8, 4) is 0 Å². The first-order valence-corrected chi connectivity index (χ1v) is 5.54. The van der Waals surface area contributed by atoms with Gasteiger partial charge in [-0.25, -0.2) is 4.39 Å². The summed E-state index contributed by atoms with van der Waals surface area (Å²) < 4.78 is 13.4. The van der Waals surface area contributed by atoms with Gasteiger partial charge < -0.3 is 11.1 Å². The molecule has 4 N–H and O–H groups in total. The number of piperidine rings is 1. The van der Waals surface area contributed by atoms with Crippen molar-refractivity contribution in [3.05, 3.63) is 23.8 Å². The van der Waals surface area contributed by atoms with Crippen LogP contribution in [0.25, 0.3) is 0 Å². The van der Waals surface area contributed by atoms with Crippen molar-refractivity contribution < 1.29 is 14.0 Å². The molecule has 1 aromatic heterocycles. The average Bonchev–Trinajstić information content (AvgIpc) is 2.33. The minimum atomic E-state index is -0.573. The highest BCUT2D eigenvalue weighted by molar-refractivity contribution is 6.01. The maximum Gasteiger partial charge on any atom is 0.249 e. The number of rotatable bonds is 3. The largest absolute Gasteiger partial charge is 0.372 e. The van der Waals surface area contributed by atoms with Gasteiger partial charge in [0.2, 0.25) is 11.8 Å². The summed E-state index contributed by atoms with van der Waals surface area (Å²) in [6.07, 6.45) is 3.10. The van der Waals surface area contributed by atoms with Gasteiger partial charge in [0.25, 0.3) is 0 Å². The fourth-order valence-corrected chi connectivity index (χ4v) is 1.81. The number of imide groups is 1. The molecule has 18 heavy (non-hydrogen) atoms. The Balaban J connectivity index is 2.17. The minimum absolute atomic E-state index is 0.00392. The number of nitrogens with two attached hydrogens (primary N) is 1. The van der Waals surface area contributed by atoms with E-state index in [1.165, 1.54) is 6.20 Å². The molecule has 1 aliphatic rings.